The van der Waals surface area contributed by atoms with Crippen LogP contribution in [-0.4, -0.2) is 63.0 Å². The molecule has 1 fully saturated rings. The molecule has 1 aliphatic rings. The largest absolute Gasteiger partial charge is 0.340 e. The molecule has 0 spiro atoms. The molecule has 3 aromatic heterocycles. The van der Waals surface area contributed by atoms with Gasteiger partial charge >= 0.3 is 0 Å². The van der Waals surface area contributed by atoms with E-state index in [0.717, 1.165) is 56.3 Å². The van der Waals surface area contributed by atoms with Gasteiger partial charge in [0.25, 0.3) is 0 Å². The van der Waals surface area contributed by atoms with Gasteiger partial charge in [0.1, 0.15) is 11.3 Å². The van der Waals surface area contributed by atoms with Crippen molar-refractivity contribution in [3.63, 3.8) is 0 Å². The van der Waals surface area contributed by atoms with Crippen molar-refractivity contribution < 1.29 is 4.79 Å². The molecule has 0 N–H and O–H groups in total. The van der Waals surface area contributed by atoms with Gasteiger partial charge in [-0.2, -0.15) is 0 Å². The van der Waals surface area contributed by atoms with Crippen LogP contribution >= 0.6 is 11.3 Å². The van der Waals surface area contributed by atoms with Gasteiger partial charge in [0.15, 0.2) is 5.65 Å². The van der Waals surface area contributed by atoms with Gasteiger partial charge in [-0.25, -0.2) is 9.97 Å². The van der Waals surface area contributed by atoms with Crippen molar-refractivity contribution in [3.05, 3.63) is 46.5 Å². The number of thiophene rings is 1. The average Bonchev–Trinajstić information content (AvgIpc) is 3.35. The standard InChI is InChI=1S/C20H25N5OS/c1-2-23-10-12-24(13-11-23)19(26)8-7-18-22-17-6-3-9-21-20(17)25(18)15-16-5-4-14-27-16/h3-6,9,14H,2,7-8,10-13,15H2,1H3. The van der Waals surface area contributed by atoms with E-state index in [9.17, 15) is 4.79 Å². The lowest BCUT2D eigenvalue weighted by Crippen LogP contribution is -2.48. The molecule has 4 heterocycles. The molecule has 1 amide bonds. The predicted octanol–water partition coefficient (Wildman–Crippen LogP) is 2.64. The molecule has 0 bridgehead atoms. The van der Waals surface area contributed by atoms with Gasteiger partial charge in [0.05, 0.1) is 6.54 Å². The lowest BCUT2D eigenvalue weighted by molar-refractivity contribution is -0.132. The third-order valence-corrected chi connectivity index (χ3v) is 6.07. The Bertz CT molecular complexity index is 896. The second-order valence-corrected chi connectivity index (χ2v) is 7.89. The van der Waals surface area contributed by atoms with Crippen LogP contribution in [0.3, 0.4) is 0 Å². The summed E-state index contributed by atoms with van der Waals surface area (Å²) < 4.78 is 2.16. The summed E-state index contributed by atoms with van der Waals surface area (Å²) in [6.45, 7) is 7.60. The number of aromatic nitrogens is 3. The van der Waals surface area contributed by atoms with E-state index in [2.05, 4.69) is 38.9 Å². The van der Waals surface area contributed by atoms with E-state index in [0.29, 0.717) is 12.8 Å². The van der Waals surface area contributed by atoms with Gasteiger partial charge in [0, 0.05) is 50.1 Å². The number of hydrogen-bond donors (Lipinski definition) is 0. The first-order chi connectivity index (χ1) is 13.2. The van der Waals surface area contributed by atoms with Crippen molar-refractivity contribution in [2.75, 3.05) is 32.7 Å². The molecule has 4 rings (SSSR count). The minimum absolute atomic E-state index is 0.230. The third-order valence-electron chi connectivity index (χ3n) is 5.21. The van der Waals surface area contributed by atoms with Gasteiger partial charge in [0.2, 0.25) is 5.91 Å². The number of rotatable bonds is 6. The maximum Gasteiger partial charge on any atom is 0.223 e. The maximum absolute atomic E-state index is 12.7. The summed E-state index contributed by atoms with van der Waals surface area (Å²) in [4.78, 5) is 27.6. The van der Waals surface area contributed by atoms with Gasteiger partial charge in [-0.3, -0.25) is 4.79 Å². The SMILES string of the molecule is CCN1CCN(C(=O)CCc2nc3cccnc3n2Cc2cccs2)CC1. The number of likely N-dealkylation sites (N-methyl/N-ethyl adjacent to an activating group) is 1. The summed E-state index contributed by atoms with van der Waals surface area (Å²) in [6.07, 6.45) is 2.95. The zero-order chi connectivity index (χ0) is 18.6. The average molecular weight is 384 g/mol. The van der Waals surface area contributed by atoms with E-state index >= 15 is 0 Å². The van der Waals surface area contributed by atoms with Crippen LogP contribution in [0.4, 0.5) is 0 Å². The van der Waals surface area contributed by atoms with Crippen molar-refractivity contribution >= 4 is 28.4 Å². The third kappa shape index (κ3) is 4.04. The van der Waals surface area contributed by atoms with Crippen LogP contribution in [0.5, 0.6) is 0 Å². The minimum atomic E-state index is 0.230. The quantitative estimate of drug-likeness (QED) is 0.657. The Kier molecular flexibility index (Phi) is 5.50. The Morgan fingerprint density at radius 1 is 1.19 bits per heavy atom. The molecule has 3 aromatic rings. The Morgan fingerprint density at radius 2 is 2.04 bits per heavy atom. The first-order valence-corrected chi connectivity index (χ1v) is 10.4. The van der Waals surface area contributed by atoms with Crippen molar-refractivity contribution in [2.24, 2.45) is 0 Å². The lowest BCUT2D eigenvalue weighted by atomic mass is 10.2. The summed E-state index contributed by atoms with van der Waals surface area (Å²) in [5.41, 5.74) is 1.79. The van der Waals surface area contributed by atoms with Crippen LogP contribution in [-0.2, 0) is 17.8 Å². The number of imidazole rings is 1. The first kappa shape index (κ1) is 18.1. The van der Waals surface area contributed by atoms with E-state index < -0.39 is 0 Å². The fourth-order valence-electron chi connectivity index (χ4n) is 3.61. The molecule has 0 saturated carbocycles. The highest BCUT2D eigenvalue weighted by molar-refractivity contribution is 7.09. The molecule has 6 nitrogen and oxygen atoms in total. The summed E-state index contributed by atoms with van der Waals surface area (Å²) in [6, 6.07) is 8.09. The molecule has 27 heavy (non-hydrogen) atoms. The fourth-order valence-corrected chi connectivity index (χ4v) is 4.30. The molecule has 0 radical (unpaired) electrons. The fraction of sp³-hybridized carbons (Fsp3) is 0.450. The molecule has 0 unspecified atom stereocenters. The van der Waals surface area contributed by atoms with Crippen LogP contribution < -0.4 is 0 Å². The number of aryl methyl sites for hydroxylation is 1. The van der Waals surface area contributed by atoms with Crippen molar-refractivity contribution in [1.29, 1.82) is 0 Å². The smallest absolute Gasteiger partial charge is 0.223 e. The number of nitrogens with zero attached hydrogens (tertiary/aromatic N) is 5. The number of fused-ring (bicyclic) bond motifs is 1. The normalized spacial score (nSPS) is 15.5. The van der Waals surface area contributed by atoms with Crippen LogP contribution in [0.1, 0.15) is 24.0 Å². The van der Waals surface area contributed by atoms with Crippen LogP contribution in [0.2, 0.25) is 0 Å². The molecule has 0 aromatic carbocycles. The second kappa shape index (κ2) is 8.19. The maximum atomic E-state index is 12.7. The van der Waals surface area contributed by atoms with Crippen LogP contribution in [0, 0.1) is 0 Å². The highest BCUT2D eigenvalue weighted by atomic mass is 32.1. The van der Waals surface area contributed by atoms with Crippen molar-refractivity contribution in [3.8, 4) is 0 Å². The van der Waals surface area contributed by atoms with E-state index in [1.807, 2.05) is 17.0 Å². The molecule has 0 atom stereocenters. The number of pyridine rings is 1. The molecular weight excluding hydrogens is 358 g/mol. The lowest BCUT2D eigenvalue weighted by Gasteiger charge is -2.34. The number of hydrogen-bond acceptors (Lipinski definition) is 5. The van der Waals surface area contributed by atoms with E-state index in [1.165, 1.54) is 4.88 Å². The summed E-state index contributed by atoms with van der Waals surface area (Å²) in [5, 5.41) is 2.08. The van der Waals surface area contributed by atoms with Crippen LogP contribution in [0.15, 0.2) is 35.8 Å². The van der Waals surface area contributed by atoms with E-state index in [1.54, 1.807) is 17.5 Å². The Morgan fingerprint density at radius 3 is 2.78 bits per heavy atom. The number of carbonyl (C=O) groups is 1. The van der Waals surface area contributed by atoms with Gasteiger partial charge < -0.3 is 14.4 Å². The van der Waals surface area contributed by atoms with Gasteiger partial charge in [-0.1, -0.05) is 13.0 Å². The Labute approximate surface area is 163 Å². The Balaban J connectivity index is 1.47. The molecular formula is C20H25N5OS. The molecule has 0 aliphatic carbocycles. The number of amides is 1. The predicted molar refractivity (Wildman–Crippen MR) is 108 cm³/mol. The monoisotopic (exact) mass is 383 g/mol. The highest BCUT2D eigenvalue weighted by Crippen LogP contribution is 2.19. The molecule has 142 valence electrons. The van der Waals surface area contributed by atoms with Crippen LogP contribution in [0.25, 0.3) is 11.2 Å². The van der Waals surface area contributed by atoms with Gasteiger partial charge in [-0.15, -0.1) is 11.3 Å². The van der Waals surface area contributed by atoms with Crippen molar-refractivity contribution in [2.45, 2.75) is 26.3 Å². The van der Waals surface area contributed by atoms with E-state index in [-0.39, 0.29) is 5.91 Å². The number of piperazine rings is 1. The zero-order valence-corrected chi connectivity index (χ0v) is 16.5. The summed E-state index contributed by atoms with van der Waals surface area (Å²) >= 11 is 1.73. The molecule has 1 saturated heterocycles. The molecule has 1 aliphatic heterocycles. The minimum Gasteiger partial charge on any atom is -0.340 e. The first-order valence-electron chi connectivity index (χ1n) is 9.57. The zero-order valence-electron chi connectivity index (χ0n) is 15.7. The van der Waals surface area contributed by atoms with E-state index in [4.69, 9.17) is 4.98 Å². The second-order valence-electron chi connectivity index (χ2n) is 6.85. The highest BCUT2D eigenvalue weighted by Gasteiger charge is 2.21. The van der Waals surface area contributed by atoms with Gasteiger partial charge in [-0.05, 0) is 30.1 Å². The Hall–Kier alpha value is -2.25. The molecule has 7 heteroatoms. The summed E-state index contributed by atoms with van der Waals surface area (Å²) in [5.74, 6) is 1.17. The van der Waals surface area contributed by atoms with Crippen molar-refractivity contribution in [1.82, 2.24) is 24.3 Å². The topological polar surface area (TPSA) is 54.3 Å². The summed E-state index contributed by atoms with van der Waals surface area (Å²) in [7, 11) is 0. The number of carbonyl (C=O) groups excluding carboxylic acids is 1.